The van der Waals surface area contributed by atoms with E-state index in [9.17, 15) is 14.0 Å². The van der Waals surface area contributed by atoms with Gasteiger partial charge in [0.05, 0.1) is 5.75 Å². The SMILES string of the molecule is CC[C@@H](C(=O)NC1CCCCC1)N(Cc1ccc(F)cc1)C(=O)CSCc1cc(C)cc(C)c1. The average Bonchev–Trinajstić information content (AvgIpc) is 2.80. The van der Waals surface area contributed by atoms with Crippen molar-refractivity contribution in [2.24, 2.45) is 0 Å². The Labute approximate surface area is 207 Å². The van der Waals surface area contributed by atoms with Gasteiger partial charge < -0.3 is 10.2 Å². The summed E-state index contributed by atoms with van der Waals surface area (Å²) in [7, 11) is 0. The zero-order valence-electron chi connectivity index (χ0n) is 20.6. The van der Waals surface area contributed by atoms with E-state index >= 15 is 0 Å². The van der Waals surface area contributed by atoms with E-state index in [0.29, 0.717) is 18.7 Å². The zero-order valence-corrected chi connectivity index (χ0v) is 21.4. The molecule has 2 aromatic rings. The summed E-state index contributed by atoms with van der Waals surface area (Å²) in [4.78, 5) is 28.3. The summed E-state index contributed by atoms with van der Waals surface area (Å²) < 4.78 is 13.4. The summed E-state index contributed by atoms with van der Waals surface area (Å²) in [6, 6.07) is 12.2. The third kappa shape index (κ3) is 7.86. The quantitative estimate of drug-likeness (QED) is 0.455. The molecule has 0 aliphatic heterocycles. The molecule has 0 saturated heterocycles. The molecule has 2 amide bonds. The first kappa shape index (κ1) is 26.3. The Kier molecular flexibility index (Phi) is 10.00. The molecule has 1 N–H and O–H groups in total. The summed E-state index contributed by atoms with van der Waals surface area (Å²) >= 11 is 1.57. The van der Waals surface area contributed by atoms with Gasteiger partial charge >= 0.3 is 0 Å². The number of nitrogens with zero attached hydrogens (tertiary/aromatic N) is 1. The maximum Gasteiger partial charge on any atom is 0.243 e. The second kappa shape index (κ2) is 12.9. The lowest BCUT2D eigenvalue weighted by molar-refractivity contribution is -0.139. The molecule has 0 bridgehead atoms. The van der Waals surface area contributed by atoms with Crippen LogP contribution in [-0.4, -0.2) is 34.6 Å². The monoisotopic (exact) mass is 484 g/mol. The molecular weight excluding hydrogens is 447 g/mol. The van der Waals surface area contributed by atoms with Crippen LogP contribution in [0.5, 0.6) is 0 Å². The second-order valence-electron chi connectivity index (χ2n) is 9.40. The van der Waals surface area contributed by atoms with E-state index in [2.05, 4.69) is 37.4 Å². The van der Waals surface area contributed by atoms with Crippen LogP contribution in [0.15, 0.2) is 42.5 Å². The first-order valence-electron chi connectivity index (χ1n) is 12.3. The number of hydrogen-bond donors (Lipinski definition) is 1. The van der Waals surface area contributed by atoms with Gasteiger partial charge in [0.25, 0.3) is 0 Å². The fourth-order valence-electron chi connectivity index (χ4n) is 4.74. The van der Waals surface area contributed by atoms with E-state index in [-0.39, 0.29) is 23.7 Å². The number of nitrogens with one attached hydrogen (secondary N) is 1. The Bertz CT molecular complexity index is 937. The Balaban J connectivity index is 1.70. The van der Waals surface area contributed by atoms with Gasteiger partial charge in [-0.25, -0.2) is 4.39 Å². The normalized spacial score (nSPS) is 15.1. The number of benzene rings is 2. The van der Waals surface area contributed by atoms with Crippen molar-refractivity contribution in [3.05, 3.63) is 70.5 Å². The van der Waals surface area contributed by atoms with Crippen molar-refractivity contribution < 1.29 is 14.0 Å². The fourth-order valence-corrected chi connectivity index (χ4v) is 5.59. The average molecular weight is 485 g/mol. The number of thioether (sulfide) groups is 1. The molecule has 2 aromatic carbocycles. The van der Waals surface area contributed by atoms with Crippen molar-refractivity contribution in [1.82, 2.24) is 10.2 Å². The summed E-state index contributed by atoms with van der Waals surface area (Å²) in [6.45, 7) is 6.39. The van der Waals surface area contributed by atoms with Crippen molar-refractivity contribution in [3.8, 4) is 0 Å². The molecule has 1 aliphatic rings. The lowest BCUT2D eigenvalue weighted by Crippen LogP contribution is -2.52. The number of hydrogen-bond acceptors (Lipinski definition) is 3. The minimum atomic E-state index is -0.540. The number of aryl methyl sites for hydroxylation is 2. The second-order valence-corrected chi connectivity index (χ2v) is 10.4. The number of rotatable bonds is 10. The fraction of sp³-hybridized carbons (Fsp3) is 0.500. The van der Waals surface area contributed by atoms with E-state index in [0.717, 1.165) is 37.0 Å². The van der Waals surface area contributed by atoms with Crippen LogP contribution in [0.25, 0.3) is 0 Å². The van der Waals surface area contributed by atoms with E-state index in [1.165, 1.54) is 35.2 Å². The molecular formula is C28H37FN2O2S. The van der Waals surface area contributed by atoms with Crippen molar-refractivity contribution in [1.29, 1.82) is 0 Å². The third-order valence-electron chi connectivity index (χ3n) is 6.38. The Hall–Kier alpha value is -2.34. The molecule has 6 heteroatoms. The number of amides is 2. The largest absolute Gasteiger partial charge is 0.352 e. The van der Waals surface area contributed by atoms with Crippen molar-refractivity contribution in [3.63, 3.8) is 0 Å². The summed E-state index contributed by atoms with van der Waals surface area (Å²) in [6.07, 6.45) is 6.02. The van der Waals surface area contributed by atoms with E-state index in [1.54, 1.807) is 28.8 Å². The van der Waals surface area contributed by atoms with Crippen LogP contribution < -0.4 is 5.32 Å². The van der Waals surface area contributed by atoms with Gasteiger partial charge in [0.2, 0.25) is 11.8 Å². The van der Waals surface area contributed by atoms with Crippen LogP contribution in [0.2, 0.25) is 0 Å². The molecule has 4 nitrogen and oxygen atoms in total. The van der Waals surface area contributed by atoms with Crippen LogP contribution >= 0.6 is 11.8 Å². The van der Waals surface area contributed by atoms with Crippen LogP contribution in [0, 0.1) is 19.7 Å². The smallest absolute Gasteiger partial charge is 0.243 e. The van der Waals surface area contributed by atoms with Gasteiger partial charge in [0.15, 0.2) is 0 Å². The maximum absolute atomic E-state index is 13.4. The molecule has 0 heterocycles. The van der Waals surface area contributed by atoms with Crippen molar-refractivity contribution in [2.45, 2.75) is 83.7 Å². The number of halogens is 1. The van der Waals surface area contributed by atoms with Crippen molar-refractivity contribution >= 4 is 23.6 Å². The van der Waals surface area contributed by atoms with Gasteiger partial charge in [0, 0.05) is 18.3 Å². The highest BCUT2D eigenvalue weighted by atomic mass is 32.2. The van der Waals surface area contributed by atoms with E-state index in [4.69, 9.17) is 0 Å². The maximum atomic E-state index is 13.4. The molecule has 0 radical (unpaired) electrons. The molecule has 0 aromatic heterocycles. The van der Waals surface area contributed by atoms with Gasteiger partial charge in [-0.15, -0.1) is 11.8 Å². The molecule has 0 spiro atoms. The third-order valence-corrected chi connectivity index (χ3v) is 7.37. The Morgan fingerprint density at radius 3 is 2.29 bits per heavy atom. The predicted molar refractivity (Wildman–Crippen MR) is 138 cm³/mol. The van der Waals surface area contributed by atoms with Crippen LogP contribution in [0.4, 0.5) is 4.39 Å². The summed E-state index contributed by atoms with van der Waals surface area (Å²) in [5.74, 6) is 0.576. The first-order chi connectivity index (χ1) is 16.4. The standard InChI is InChI=1S/C28H37FN2O2S/c1-4-26(28(33)30-25-8-6-5-7-9-25)31(17-22-10-12-24(29)13-11-22)27(32)19-34-18-23-15-20(2)14-21(3)16-23/h10-16,25-26H,4-9,17-19H2,1-3H3,(H,30,33)/t26-/m0/s1. The molecule has 184 valence electrons. The van der Waals surface area contributed by atoms with Crippen LogP contribution in [-0.2, 0) is 21.9 Å². The van der Waals surface area contributed by atoms with Crippen molar-refractivity contribution in [2.75, 3.05) is 5.75 Å². The Morgan fingerprint density at radius 1 is 1.03 bits per heavy atom. The van der Waals surface area contributed by atoms with Crippen LogP contribution in [0.3, 0.4) is 0 Å². The highest BCUT2D eigenvalue weighted by molar-refractivity contribution is 7.99. The Morgan fingerprint density at radius 2 is 1.68 bits per heavy atom. The molecule has 1 atom stereocenters. The van der Waals surface area contributed by atoms with E-state index in [1.807, 2.05) is 6.92 Å². The highest BCUT2D eigenvalue weighted by Crippen LogP contribution is 2.21. The van der Waals surface area contributed by atoms with Gasteiger partial charge in [-0.05, 0) is 56.4 Å². The molecule has 1 aliphatic carbocycles. The lowest BCUT2D eigenvalue weighted by Gasteiger charge is -2.32. The topological polar surface area (TPSA) is 49.4 Å². The predicted octanol–water partition coefficient (Wildman–Crippen LogP) is 5.93. The highest BCUT2D eigenvalue weighted by Gasteiger charge is 2.30. The summed E-state index contributed by atoms with van der Waals surface area (Å²) in [5, 5.41) is 3.19. The van der Waals surface area contributed by atoms with Gasteiger partial charge in [-0.3, -0.25) is 9.59 Å². The first-order valence-corrected chi connectivity index (χ1v) is 13.5. The minimum absolute atomic E-state index is 0.0654. The van der Waals surface area contributed by atoms with Gasteiger partial charge in [-0.2, -0.15) is 0 Å². The summed E-state index contributed by atoms with van der Waals surface area (Å²) in [5.41, 5.74) is 4.44. The number of carbonyl (C=O) groups is 2. The molecule has 3 rings (SSSR count). The number of carbonyl (C=O) groups excluding carboxylic acids is 2. The van der Waals surface area contributed by atoms with Gasteiger partial charge in [0.1, 0.15) is 11.9 Å². The van der Waals surface area contributed by atoms with E-state index < -0.39 is 6.04 Å². The molecule has 0 unspecified atom stereocenters. The van der Waals surface area contributed by atoms with Gasteiger partial charge in [-0.1, -0.05) is 67.6 Å². The molecule has 34 heavy (non-hydrogen) atoms. The molecule has 1 fully saturated rings. The molecule has 1 saturated carbocycles. The van der Waals surface area contributed by atoms with Crippen LogP contribution in [0.1, 0.15) is 67.7 Å². The zero-order chi connectivity index (χ0) is 24.5. The lowest BCUT2D eigenvalue weighted by atomic mass is 9.95. The minimum Gasteiger partial charge on any atom is -0.352 e.